The van der Waals surface area contributed by atoms with Crippen LogP contribution in [0.25, 0.3) is 33.4 Å². The number of aromatic hydroxyl groups is 3. The van der Waals surface area contributed by atoms with Crippen LogP contribution in [0.15, 0.2) is 132 Å². The molecule has 0 unspecified atom stereocenters. The van der Waals surface area contributed by atoms with Gasteiger partial charge < -0.3 is 65.0 Å². The Morgan fingerprint density at radius 3 is 1.52 bits per heavy atom. The summed E-state index contributed by atoms with van der Waals surface area (Å²) in [6, 6.07) is 37.8. The normalized spacial score (nSPS) is 14.6. The van der Waals surface area contributed by atoms with Crippen LogP contribution in [-0.2, 0) is 9.53 Å². The molecule has 4 fully saturated rings. The fraction of sp³-hybridized carbons (Fsp3) is 0.273. The number of ether oxygens (including phenoxy) is 1. The van der Waals surface area contributed by atoms with Gasteiger partial charge >= 0.3 is 17.9 Å². The van der Waals surface area contributed by atoms with Gasteiger partial charge in [-0.2, -0.15) is 0 Å². The van der Waals surface area contributed by atoms with Crippen LogP contribution in [0.3, 0.4) is 0 Å². The lowest BCUT2D eigenvalue weighted by molar-refractivity contribution is -0.254. The van der Waals surface area contributed by atoms with Crippen molar-refractivity contribution in [1.82, 2.24) is 4.58 Å². The van der Waals surface area contributed by atoms with E-state index in [2.05, 4.69) is 36.1 Å². The first-order chi connectivity index (χ1) is 41.7. The molecule has 4 saturated heterocycles. The Balaban J connectivity index is 0.000000173. The van der Waals surface area contributed by atoms with Crippen LogP contribution >= 0.6 is 46.4 Å². The van der Waals surface area contributed by atoms with Crippen molar-refractivity contribution in [1.29, 1.82) is 0 Å². The molecule has 13 rings (SSSR count). The van der Waals surface area contributed by atoms with Crippen LogP contribution in [0, 0.1) is 0 Å². The van der Waals surface area contributed by atoms with E-state index >= 15 is 0 Å². The topological polar surface area (TPSA) is 271 Å². The van der Waals surface area contributed by atoms with Crippen molar-refractivity contribution < 1.29 is 63.8 Å². The Morgan fingerprint density at radius 2 is 1.05 bits per heavy atom. The number of nitrogens with two attached hydrogens (primary N) is 1. The molecule has 18 nitrogen and oxygen atoms in total. The molecule has 1 aliphatic carbocycles. The molecular weight excluding hydrogens is 1210 g/mol. The summed E-state index contributed by atoms with van der Waals surface area (Å²) in [5.41, 5.74) is 10.8. The molecule has 0 saturated carbocycles. The molecule has 22 heteroatoms. The summed E-state index contributed by atoms with van der Waals surface area (Å²) < 4.78 is 13.1. The van der Waals surface area contributed by atoms with Gasteiger partial charge in [-0.25, -0.2) is 19.0 Å². The van der Waals surface area contributed by atoms with Gasteiger partial charge in [0.25, 0.3) is 5.97 Å². The molecule has 6 aromatic rings. The number of phenolic OH excluding ortho intramolecular Hbond substituents is 3. The van der Waals surface area contributed by atoms with E-state index in [4.69, 9.17) is 76.7 Å². The van der Waals surface area contributed by atoms with Gasteiger partial charge in [-0.3, -0.25) is 4.79 Å². The molecule has 6 aliphatic heterocycles. The first kappa shape index (κ1) is 66.8. The number of cyclic esters (lactones) is 2. The fourth-order valence-corrected chi connectivity index (χ4v) is 11.8. The number of hydrogen-bond donors (Lipinski definition) is 6. The number of carbonyl (C=O) groups excluding carboxylic acids is 3. The van der Waals surface area contributed by atoms with Crippen LogP contribution in [-0.4, -0.2) is 108 Å². The summed E-state index contributed by atoms with van der Waals surface area (Å²) in [4.78, 5) is 61.4. The number of carboxylic acid groups (broad SMARTS) is 3. The molecule has 0 aromatic heterocycles. The lowest BCUT2D eigenvalue weighted by Gasteiger charge is -2.22. The summed E-state index contributed by atoms with van der Waals surface area (Å²) >= 11 is 24.4. The molecule has 0 amide bonds. The lowest BCUT2D eigenvalue weighted by Crippen LogP contribution is -2.26. The maximum atomic E-state index is 12.2. The van der Waals surface area contributed by atoms with Gasteiger partial charge in [0.1, 0.15) is 41.7 Å². The Kier molecular flexibility index (Phi) is 23.4. The third-order valence-electron chi connectivity index (χ3n) is 14.7. The van der Waals surface area contributed by atoms with E-state index in [-0.39, 0.29) is 50.5 Å². The number of fused-ring (bicyclic) bond motifs is 3. The standard InChI is InChI=1S/C28H24Cl2N2O3.2C10H13NO.C9H2Cl2O5.C6H7NO.C2H4O2.CH4/c29-21-9-10-22(30)27(28(33)34)26(21)25-19-7-5-17(31-11-1-2-12-31)15-23(19)35-24-16-18(6-8-20(24)25)32-13-3-4-14-32;2*12-10-5-3-4-9(8-10)11-6-1-2-7-11;10-3-1-2(7(12)13)6(11)5-4(3)8(14)16-9(5)15;7-5-2-1-3-6(8)4-5;1-2(3)4;/h5-10,15-16H,1-4,11-14H2;2*3-5,8,12H,1-2,6-7H2;1H,(H,12,13);1-4,8H,7H2;1H3,(H,3,4);1H4. The van der Waals surface area contributed by atoms with E-state index in [1.54, 1.807) is 36.4 Å². The Labute approximate surface area is 528 Å². The molecular formula is C66H67Cl4N5O13. The van der Waals surface area contributed by atoms with Gasteiger partial charge in [-0.15, -0.1) is 0 Å². The maximum absolute atomic E-state index is 12.2. The van der Waals surface area contributed by atoms with Gasteiger partial charge in [-0.1, -0.05) is 72.0 Å². The maximum Gasteiger partial charge on any atom is 0.348 e. The predicted molar refractivity (Wildman–Crippen MR) is 343 cm³/mol. The molecule has 0 radical (unpaired) electrons. The molecule has 0 spiro atoms. The van der Waals surface area contributed by atoms with Gasteiger partial charge in [0.2, 0.25) is 5.36 Å². The minimum atomic E-state index is -1.36. The van der Waals surface area contributed by atoms with E-state index < -0.39 is 29.8 Å². The number of nitrogens with zero attached hydrogens (tertiary/aromatic N) is 4. The first-order valence-corrected chi connectivity index (χ1v) is 29.6. The van der Waals surface area contributed by atoms with Crippen molar-refractivity contribution in [2.24, 2.45) is 0 Å². The number of anilines is 4. The zero-order valence-electron chi connectivity index (χ0n) is 47.3. The second-order valence-electron chi connectivity index (χ2n) is 20.8. The van der Waals surface area contributed by atoms with E-state index in [9.17, 15) is 34.5 Å². The number of benzene rings is 7. The molecule has 0 bridgehead atoms. The number of carbonyl (C=O) groups is 5. The van der Waals surface area contributed by atoms with Crippen molar-refractivity contribution in [3.8, 4) is 39.7 Å². The zero-order chi connectivity index (χ0) is 62.5. The van der Waals surface area contributed by atoms with Gasteiger partial charge in [0, 0.05) is 145 Å². The Bertz CT molecular complexity index is 3810. The average molecular weight is 1280 g/mol. The molecule has 6 heterocycles. The zero-order valence-corrected chi connectivity index (χ0v) is 50.3. The number of esters is 2. The number of phenols is 3. The van der Waals surface area contributed by atoms with Gasteiger partial charge in [0.15, 0.2) is 0 Å². The van der Waals surface area contributed by atoms with E-state index in [0.717, 1.165) is 98.7 Å². The first-order valence-electron chi connectivity index (χ1n) is 28.1. The van der Waals surface area contributed by atoms with Crippen molar-refractivity contribution in [3.05, 3.63) is 175 Å². The smallest absolute Gasteiger partial charge is 0.348 e. The van der Waals surface area contributed by atoms with Gasteiger partial charge in [-0.05, 0) is 111 Å². The van der Waals surface area contributed by atoms with E-state index in [0.29, 0.717) is 44.7 Å². The molecule has 88 heavy (non-hydrogen) atoms. The molecule has 7 N–H and O–H groups in total. The number of nitrogen functional groups attached to an aromatic ring is 1. The number of rotatable bonds is 6. The largest absolute Gasteiger partial charge is 0.545 e. The highest BCUT2D eigenvalue weighted by atomic mass is 35.5. The SMILES string of the molecule is C.CC(=O)O.Nc1cccc(O)c1.O=C(O)c1cc(Cl)c2c(c1Cl)C(=O)OC2=O.O=C([O-])c1c(Cl)ccc(Cl)c1-c1c2ccc(=[N+]3CCCC3)cc-2oc2cc(N3CCCC3)ccc12.Oc1cccc(N2CCCC2)c1.Oc1cccc(N2CCCC2)c1. The number of hydrogen-bond acceptors (Lipinski definition) is 15. The Morgan fingerprint density at radius 1 is 0.557 bits per heavy atom. The van der Waals surface area contributed by atoms with Crippen molar-refractivity contribution in [3.63, 3.8) is 0 Å². The quantitative estimate of drug-likeness (QED) is 0.0297. The number of aliphatic carboxylic acids is 1. The van der Waals surface area contributed by atoms with Crippen LogP contribution in [0.2, 0.25) is 20.1 Å². The number of carboxylic acids is 3. The highest BCUT2D eigenvalue weighted by molar-refractivity contribution is 6.42. The van der Waals surface area contributed by atoms with Crippen molar-refractivity contribution in [2.45, 2.75) is 65.7 Å². The third kappa shape index (κ3) is 16.7. The predicted octanol–water partition coefficient (Wildman–Crippen LogP) is 12.7. The van der Waals surface area contributed by atoms with Crippen molar-refractivity contribution >= 4 is 110 Å². The summed E-state index contributed by atoms with van der Waals surface area (Å²) in [6.45, 7) is 9.65. The number of aromatic carboxylic acids is 2. The van der Waals surface area contributed by atoms with Gasteiger partial charge in [0.05, 0.1) is 43.8 Å². The summed E-state index contributed by atoms with van der Waals surface area (Å²) in [6.07, 6.45) is 9.78. The number of halogens is 4. The van der Waals surface area contributed by atoms with E-state index in [1.165, 1.54) is 63.5 Å². The molecule has 462 valence electrons. The lowest BCUT2D eigenvalue weighted by atomic mass is 9.90. The minimum Gasteiger partial charge on any atom is -0.545 e. The highest BCUT2D eigenvalue weighted by Gasteiger charge is 2.37. The fourth-order valence-electron chi connectivity index (χ4n) is 10.7. The summed E-state index contributed by atoms with van der Waals surface area (Å²) in [7, 11) is 0. The van der Waals surface area contributed by atoms with Crippen LogP contribution in [0.4, 0.5) is 22.7 Å². The molecule has 0 atom stereocenters. The molecule has 7 aliphatic rings. The van der Waals surface area contributed by atoms with Crippen molar-refractivity contribution in [2.75, 3.05) is 72.8 Å². The summed E-state index contributed by atoms with van der Waals surface area (Å²) in [5.74, 6) is -3.85. The minimum absolute atomic E-state index is 0. The Hall–Kier alpha value is -8.68. The average Bonchev–Trinajstić information content (AvgIpc) is 1.02. The molecule has 6 aromatic carbocycles. The van der Waals surface area contributed by atoms with Crippen LogP contribution in [0.1, 0.15) is 107 Å². The second kappa shape index (κ2) is 30.8. The van der Waals surface area contributed by atoms with Crippen LogP contribution in [0.5, 0.6) is 17.2 Å². The summed E-state index contributed by atoms with van der Waals surface area (Å²) in [5, 5.41) is 57.4. The van der Waals surface area contributed by atoms with Crippen LogP contribution < -0.4 is 35.5 Å². The van der Waals surface area contributed by atoms with E-state index in [1.807, 2.05) is 60.7 Å². The monoisotopic (exact) mass is 1280 g/mol. The highest BCUT2D eigenvalue weighted by Crippen LogP contribution is 2.46. The third-order valence-corrected chi connectivity index (χ3v) is 16.0. The second-order valence-corrected chi connectivity index (χ2v) is 22.4.